The summed E-state index contributed by atoms with van der Waals surface area (Å²) in [4.78, 5) is 14.6. The van der Waals surface area contributed by atoms with Crippen LogP contribution in [0.2, 0.25) is 0 Å². The third kappa shape index (κ3) is 3.92. The van der Waals surface area contributed by atoms with Crippen molar-refractivity contribution in [3.63, 3.8) is 0 Å². The molecule has 1 heterocycles. The molecule has 0 saturated heterocycles. The van der Waals surface area contributed by atoms with Gasteiger partial charge in [-0.2, -0.15) is 0 Å². The molecule has 2 aromatic rings. The number of carbonyl (C=O) groups excluding carboxylic acids is 1. The molecular formula is C18H22N2O2S. The van der Waals surface area contributed by atoms with Crippen LogP contribution in [0.3, 0.4) is 0 Å². The van der Waals surface area contributed by atoms with Gasteiger partial charge in [-0.15, -0.1) is 11.3 Å². The Balaban J connectivity index is 1.65. The Bertz CT molecular complexity index is 679. The highest BCUT2D eigenvalue weighted by atomic mass is 32.1. The van der Waals surface area contributed by atoms with Gasteiger partial charge in [0.2, 0.25) is 0 Å². The number of aryl methyl sites for hydroxylation is 1. The normalized spacial score (nSPS) is 16.7. The second-order valence-corrected chi connectivity index (χ2v) is 7.16. The fourth-order valence-electron chi connectivity index (χ4n) is 2.82. The van der Waals surface area contributed by atoms with E-state index < -0.39 is 0 Å². The van der Waals surface area contributed by atoms with E-state index in [9.17, 15) is 4.79 Å². The van der Waals surface area contributed by atoms with Crippen LogP contribution < -0.4 is 15.8 Å². The summed E-state index contributed by atoms with van der Waals surface area (Å²) in [5.74, 6) is 1.44. The molecule has 122 valence electrons. The number of hydrogen-bond donors (Lipinski definition) is 2. The standard InChI is InChI=1S/C18H22N2O2S/c1-12-2-7-16-13(10-12)11-17(23-16)18(21)20-14-3-5-15(6-4-14)22-9-8-19/h3-6,11-12H,2,7-10,19H2,1H3,(H,20,21). The number of amides is 1. The van der Waals surface area contributed by atoms with Gasteiger partial charge in [0.25, 0.3) is 5.91 Å². The van der Waals surface area contributed by atoms with Crippen molar-refractivity contribution in [3.8, 4) is 5.75 Å². The summed E-state index contributed by atoms with van der Waals surface area (Å²) in [6, 6.07) is 9.43. The lowest BCUT2D eigenvalue weighted by Gasteiger charge is -2.16. The van der Waals surface area contributed by atoms with Gasteiger partial charge in [0.1, 0.15) is 12.4 Å². The van der Waals surface area contributed by atoms with Crippen LogP contribution in [0.1, 0.15) is 33.5 Å². The monoisotopic (exact) mass is 330 g/mol. The van der Waals surface area contributed by atoms with Crippen molar-refractivity contribution >= 4 is 22.9 Å². The van der Waals surface area contributed by atoms with E-state index in [-0.39, 0.29) is 5.91 Å². The van der Waals surface area contributed by atoms with Crippen LogP contribution in [0.15, 0.2) is 30.3 Å². The van der Waals surface area contributed by atoms with Crippen LogP contribution in [0, 0.1) is 5.92 Å². The van der Waals surface area contributed by atoms with Crippen molar-refractivity contribution in [3.05, 3.63) is 45.6 Å². The molecule has 3 rings (SSSR count). The SMILES string of the molecule is CC1CCc2sc(C(=O)Nc3ccc(OCCN)cc3)cc2C1. The van der Waals surface area contributed by atoms with Gasteiger partial charge in [0.05, 0.1) is 4.88 Å². The van der Waals surface area contributed by atoms with Crippen molar-refractivity contribution in [2.75, 3.05) is 18.5 Å². The van der Waals surface area contributed by atoms with E-state index in [1.54, 1.807) is 11.3 Å². The van der Waals surface area contributed by atoms with Gasteiger partial charge in [-0.1, -0.05) is 6.92 Å². The number of rotatable bonds is 5. The summed E-state index contributed by atoms with van der Waals surface area (Å²) in [7, 11) is 0. The van der Waals surface area contributed by atoms with Gasteiger partial charge >= 0.3 is 0 Å². The van der Waals surface area contributed by atoms with Gasteiger partial charge in [0, 0.05) is 17.1 Å². The topological polar surface area (TPSA) is 64.3 Å². The summed E-state index contributed by atoms with van der Waals surface area (Å²) in [6.07, 6.45) is 3.41. The van der Waals surface area contributed by atoms with Crippen LogP contribution >= 0.6 is 11.3 Å². The molecule has 0 spiro atoms. The summed E-state index contributed by atoms with van der Waals surface area (Å²) in [5, 5.41) is 2.95. The van der Waals surface area contributed by atoms with E-state index in [2.05, 4.69) is 18.3 Å². The van der Waals surface area contributed by atoms with Crippen molar-refractivity contribution in [2.45, 2.75) is 26.2 Å². The maximum absolute atomic E-state index is 12.4. The lowest BCUT2D eigenvalue weighted by Crippen LogP contribution is -2.11. The lowest BCUT2D eigenvalue weighted by molar-refractivity contribution is 0.103. The predicted octanol–water partition coefficient (Wildman–Crippen LogP) is 3.46. The zero-order valence-electron chi connectivity index (χ0n) is 13.3. The molecule has 0 saturated carbocycles. The van der Waals surface area contributed by atoms with Crippen molar-refractivity contribution in [2.24, 2.45) is 11.7 Å². The zero-order valence-corrected chi connectivity index (χ0v) is 14.1. The smallest absolute Gasteiger partial charge is 0.265 e. The average Bonchev–Trinajstić information content (AvgIpc) is 2.97. The molecule has 1 aromatic heterocycles. The summed E-state index contributed by atoms with van der Waals surface area (Å²) in [5.41, 5.74) is 7.53. The molecule has 1 amide bonds. The van der Waals surface area contributed by atoms with Crippen molar-refractivity contribution in [1.29, 1.82) is 0 Å². The molecule has 4 nitrogen and oxygen atoms in total. The third-order valence-electron chi connectivity index (χ3n) is 4.05. The molecule has 0 radical (unpaired) electrons. The first-order chi connectivity index (χ1) is 11.2. The second kappa shape index (κ2) is 7.15. The fraction of sp³-hybridized carbons (Fsp3) is 0.389. The quantitative estimate of drug-likeness (QED) is 0.882. The molecule has 23 heavy (non-hydrogen) atoms. The molecule has 1 unspecified atom stereocenters. The summed E-state index contributed by atoms with van der Waals surface area (Å²) in [6.45, 7) is 3.25. The average molecular weight is 330 g/mol. The van der Waals surface area contributed by atoms with Crippen LogP contribution in [-0.4, -0.2) is 19.1 Å². The van der Waals surface area contributed by atoms with Crippen molar-refractivity contribution < 1.29 is 9.53 Å². The minimum atomic E-state index is -0.0346. The van der Waals surface area contributed by atoms with Gasteiger partial charge < -0.3 is 15.8 Å². The molecule has 0 fully saturated rings. The Morgan fingerprint density at radius 2 is 2.17 bits per heavy atom. The maximum atomic E-state index is 12.4. The molecule has 0 bridgehead atoms. The highest BCUT2D eigenvalue weighted by Crippen LogP contribution is 2.32. The third-order valence-corrected chi connectivity index (χ3v) is 5.29. The molecule has 1 atom stereocenters. The molecular weight excluding hydrogens is 308 g/mol. The molecule has 1 aliphatic rings. The number of nitrogens with one attached hydrogen (secondary N) is 1. The Labute approximate surface area is 140 Å². The minimum Gasteiger partial charge on any atom is -0.492 e. The van der Waals surface area contributed by atoms with E-state index in [0.717, 1.165) is 29.2 Å². The maximum Gasteiger partial charge on any atom is 0.265 e. The Kier molecular flexibility index (Phi) is 4.98. The second-order valence-electron chi connectivity index (χ2n) is 6.02. The summed E-state index contributed by atoms with van der Waals surface area (Å²) >= 11 is 1.63. The van der Waals surface area contributed by atoms with E-state index >= 15 is 0 Å². The minimum absolute atomic E-state index is 0.0346. The number of ether oxygens (including phenoxy) is 1. The lowest BCUT2D eigenvalue weighted by atomic mass is 9.90. The van der Waals surface area contributed by atoms with Crippen LogP contribution in [0.4, 0.5) is 5.69 Å². The molecule has 0 aliphatic heterocycles. The van der Waals surface area contributed by atoms with Crippen molar-refractivity contribution in [1.82, 2.24) is 0 Å². The first-order valence-electron chi connectivity index (χ1n) is 8.01. The first-order valence-corrected chi connectivity index (χ1v) is 8.83. The Morgan fingerprint density at radius 1 is 1.39 bits per heavy atom. The van der Waals surface area contributed by atoms with E-state index in [4.69, 9.17) is 10.5 Å². The van der Waals surface area contributed by atoms with Gasteiger partial charge in [0.15, 0.2) is 0 Å². The van der Waals surface area contributed by atoms with Crippen LogP contribution in [0.5, 0.6) is 5.75 Å². The fourth-order valence-corrected chi connectivity index (χ4v) is 3.93. The van der Waals surface area contributed by atoms with Gasteiger partial charge in [-0.25, -0.2) is 0 Å². The Morgan fingerprint density at radius 3 is 2.91 bits per heavy atom. The number of nitrogens with two attached hydrogens (primary N) is 1. The number of anilines is 1. The largest absolute Gasteiger partial charge is 0.492 e. The molecule has 1 aliphatic carbocycles. The zero-order chi connectivity index (χ0) is 16.2. The Hall–Kier alpha value is -1.85. The van der Waals surface area contributed by atoms with Gasteiger partial charge in [-0.05, 0) is 61.1 Å². The van der Waals surface area contributed by atoms with E-state index in [1.165, 1.54) is 16.9 Å². The molecule has 1 aromatic carbocycles. The van der Waals surface area contributed by atoms with E-state index in [0.29, 0.717) is 19.1 Å². The highest BCUT2D eigenvalue weighted by molar-refractivity contribution is 7.14. The van der Waals surface area contributed by atoms with E-state index in [1.807, 2.05) is 24.3 Å². The molecule has 3 N–H and O–H groups in total. The number of thiophene rings is 1. The first kappa shape index (κ1) is 16.0. The number of hydrogen-bond acceptors (Lipinski definition) is 4. The number of carbonyl (C=O) groups is 1. The van der Waals surface area contributed by atoms with Crippen LogP contribution in [-0.2, 0) is 12.8 Å². The van der Waals surface area contributed by atoms with Gasteiger partial charge in [-0.3, -0.25) is 4.79 Å². The number of benzene rings is 1. The number of fused-ring (bicyclic) bond motifs is 1. The van der Waals surface area contributed by atoms with Crippen LogP contribution in [0.25, 0.3) is 0 Å². The molecule has 5 heteroatoms. The summed E-state index contributed by atoms with van der Waals surface area (Å²) < 4.78 is 5.43. The predicted molar refractivity (Wildman–Crippen MR) is 94.5 cm³/mol. The highest BCUT2D eigenvalue weighted by Gasteiger charge is 2.20.